The van der Waals surface area contributed by atoms with Gasteiger partial charge in [0.25, 0.3) is 5.91 Å². The maximum Gasteiger partial charge on any atom is 0.353 e. The molecule has 1 aromatic heterocycles. The van der Waals surface area contributed by atoms with Crippen molar-refractivity contribution in [1.29, 1.82) is 0 Å². The third-order valence-corrected chi connectivity index (χ3v) is 1.44. The van der Waals surface area contributed by atoms with Crippen molar-refractivity contribution in [1.82, 2.24) is 5.32 Å². The van der Waals surface area contributed by atoms with Gasteiger partial charge in [-0.1, -0.05) is 6.58 Å². The molecule has 5 heteroatoms. The number of hydrogen-bond donors (Lipinski definition) is 1. The molecular weight excluding hydrogens is 186 g/mol. The SMILES string of the molecule is C=C(NC(=O)c1ccco1)C(=O)OC. The Morgan fingerprint density at radius 1 is 1.57 bits per heavy atom. The molecule has 0 radical (unpaired) electrons. The second-order valence-corrected chi connectivity index (χ2v) is 2.40. The first-order valence-electron chi connectivity index (χ1n) is 3.77. The van der Waals surface area contributed by atoms with E-state index in [1.165, 1.54) is 19.4 Å². The van der Waals surface area contributed by atoms with E-state index >= 15 is 0 Å². The average Bonchev–Trinajstić information content (AvgIpc) is 2.69. The molecule has 1 heterocycles. The van der Waals surface area contributed by atoms with Gasteiger partial charge in [0, 0.05) is 0 Å². The van der Waals surface area contributed by atoms with Crippen LogP contribution in [0.5, 0.6) is 0 Å². The van der Waals surface area contributed by atoms with Crippen LogP contribution in [0.1, 0.15) is 10.6 Å². The molecule has 14 heavy (non-hydrogen) atoms. The van der Waals surface area contributed by atoms with Crippen LogP contribution in [0.2, 0.25) is 0 Å². The monoisotopic (exact) mass is 195 g/mol. The standard InChI is InChI=1S/C9H9NO4/c1-6(9(12)13-2)10-8(11)7-4-3-5-14-7/h3-5H,1H2,2H3,(H,10,11). The molecule has 1 aromatic rings. The van der Waals surface area contributed by atoms with E-state index in [0.29, 0.717) is 0 Å². The summed E-state index contributed by atoms with van der Waals surface area (Å²) in [7, 11) is 1.20. The number of methoxy groups -OCH3 is 1. The number of rotatable bonds is 3. The Hall–Kier alpha value is -2.04. The Kier molecular flexibility index (Phi) is 3.06. The average molecular weight is 195 g/mol. The normalized spacial score (nSPS) is 9.21. The highest BCUT2D eigenvalue weighted by molar-refractivity contribution is 5.99. The molecule has 1 amide bonds. The fourth-order valence-corrected chi connectivity index (χ4v) is 0.781. The molecule has 1 rings (SSSR count). The first-order valence-corrected chi connectivity index (χ1v) is 3.77. The smallest absolute Gasteiger partial charge is 0.353 e. The minimum atomic E-state index is -0.690. The predicted molar refractivity (Wildman–Crippen MR) is 47.3 cm³/mol. The van der Waals surface area contributed by atoms with E-state index in [-0.39, 0.29) is 11.5 Å². The van der Waals surface area contributed by atoms with Gasteiger partial charge >= 0.3 is 5.97 Å². The van der Waals surface area contributed by atoms with Gasteiger partial charge in [0.1, 0.15) is 5.70 Å². The fraction of sp³-hybridized carbons (Fsp3) is 0.111. The van der Waals surface area contributed by atoms with Crippen LogP contribution in [0.4, 0.5) is 0 Å². The molecular formula is C9H9NO4. The summed E-state index contributed by atoms with van der Waals surface area (Å²) in [6, 6.07) is 3.04. The second kappa shape index (κ2) is 4.27. The molecule has 0 bridgehead atoms. The molecule has 74 valence electrons. The second-order valence-electron chi connectivity index (χ2n) is 2.40. The van der Waals surface area contributed by atoms with Gasteiger partial charge in [0.2, 0.25) is 0 Å². The van der Waals surface area contributed by atoms with Gasteiger partial charge in [-0.15, -0.1) is 0 Å². The molecule has 0 aliphatic rings. The van der Waals surface area contributed by atoms with Crippen molar-refractivity contribution in [2.45, 2.75) is 0 Å². The van der Waals surface area contributed by atoms with E-state index in [1.54, 1.807) is 6.07 Å². The minimum absolute atomic E-state index is 0.107. The zero-order chi connectivity index (χ0) is 10.6. The van der Waals surface area contributed by atoms with Gasteiger partial charge < -0.3 is 14.5 Å². The lowest BCUT2D eigenvalue weighted by Crippen LogP contribution is -2.26. The molecule has 0 fully saturated rings. The zero-order valence-electron chi connectivity index (χ0n) is 7.57. The van der Waals surface area contributed by atoms with Crippen LogP contribution in [0.15, 0.2) is 35.1 Å². The number of furan rings is 1. The molecule has 0 spiro atoms. The quantitative estimate of drug-likeness (QED) is 0.569. The number of esters is 1. The molecule has 0 aliphatic carbocycles. The van der Waals surface area contributed by atoms with Crippen LogP contribution >= 0.6 is 0 Å². The van der Waals surface area contributed by atoms with Gasteiger partial charge in [-0.2, -0.15) is 0 Å². The van der Waals surface area contributed by atoms with Crippen molar-refractivity contribution >= 4 is 11.9 Å². The molecule has 0 saturated carbocycles. The number of nitrogens with one attached hydrogen (secondary N) is 1. The largest absolute Gasteiger partial charge is 0.464 e. The lowest BCUT2D eigenvalue weighted by Gasteiger charge is -2.03. The summed E-state index contributed by atoms with van der Waals surface area (Å²) in [5.41, 5.74) is -0.131. The van der Waals surface area contributed by atoms with Crippen LogP contribution in [0, 0.1) is 0 Å². The lowest BCUT2D eigenvalue weighted by atomic mass is 10.4. The molecule has 0 aliphatic heterocycles. The van der Waals surface area contributed by atoms with Crippen molar-refractivity contribution in [3.05, 3.63) is 36.4 Å². The van der Waals surface area contributed by atoms with Gasteiger partial charge in [-0.3, -0.25) is 4.79 Å². The molecule has 1 N–H and O–H groups in total. The van der Waals surface area contributed by atoms with Crippen molar-refractivity contribution < 1.29 is 18.7 Å². The highest BCUT2D eigenvalue weighted by atomic mass is 16.5. The van der Waals surface area contributed by atoms with Gasteiger partial charge in [-0.25, -0.2) is 4.79 Å². The van der Waals surface area contributed by atoms with E-state index in [9.17, 15) is 9.59 Å². The summed E-state index contributed by atoms with van der Waals surface area (Å²) < 4.78 is 9.15. The molecule has 0 aromatic carbocycles. The maximum atomic E-state index is 11.3. The van der Waals surface area contributed by atoms with E-state index in [2.05, 4.69) is 16.6 Å². The lowest BCUT2D eigenvalue weighted by molar-refractivity contribution is -0.136. The Labute approximate surface area is 80.3 Å². The summed E-state index contributed by atoms with van der Waals surface area (Å²) in [5.74, 6) is -1.12. The van der Waals surface area contributed by atoms with E-state index in [1.807, 2.05) is 0 Å². The first-order chi connectivity index (χ1) is 6.65. The third kappa shape index (κ3) is 2.22. The number of carbonyl (C=O) groups excluding carboxylic acids is 2. The van der Waals surface area contributed by atoms with Gasteiger partial charge in [0.15, 0.2) is 5.76 Å². The van der Waals surface area contributed by atoms with Crippen LogP contribution < -0.4 is 5.32 Å². The number of amides is 1. The van der Waals surface area contributed by atoms with Crippen LogP contribution in [-0.2, 0) is 9.53 Å². The van der Waals surface area contributed by atoms with Crippen molar-refractivity contribution in [2.24, 2.45) is 0 Å². The highest BCUT2D eigenvalue weighted by Crippen LogP contribution is 2.00. The topological polar surface area (TPSA) is 68.5 Å². The number of hydrogen-bond acceptors (Lipinski definition) is 4. The summed E-state index contributed by atoms with van der Waals surface area (Å²) in [6.45, 7) is 3.33. The molecule has 5 nitrogen and oxygen atoms in total. The van der Waals surface area contributed by atoms with Gasteiger partial charge in [-0.05, 0) is 12.1 Å². The maximum absolute atomic E-state index is 11.3. The van der Waals surface area contributed by atoms with Crippen molar-refractivity contribution in [3.63, 3.8) is 0 Å². The van der Waals surface area contributed by atoms with Crippen molar-refractivity contribution in [3.8, 4) is 0 Å². The molecule has 0 atom stereocenters. The van der Waals surface area contributed by atoms with E-state index in [0.717, 1.165) is 0 Å². The predicted octanol–water partition coefficient (Wildman–Crippen LogP) is 0.696. The minimum Gasteiger partial charge on any atom is -0.464 e. The summed E-state index contributed by atoms with van der Waals surface area (Å²) in [4.78, 5) is 22.1. The summed E-state index contributed by atoms with van der Waals surface area (Å²) >= 11 is 0. The van der Waals surface area contributed by atoms with Crippen LogP contribution in [0.3, 0.4) is 0 Å². The Morgan fingerprint density at radius 3 is 2.79 bits per heavy atom. The fourth-order valence-electron chi connectivity index (χ4n) is 0.781. The highest BCUT2D eigenvalue weighted by Gasteiger charge is 2.13. The summed E-state index contributed by atoms with van der Waals surface area (Å²) in [5, 5.41) is 2.23. The number of ether oxygens (including phenoxy) is 1. The molecule has 0 unspecified atom stereocenters. The molecule has 0 saturated heterocycles. The first kappa shape index (κ1) is 10.0. The van der Waals surface area contributed by atoms with Crippen molar-refractivity contribution in [2.75, 3.05) is 7.11 Å². The Morgan fingerprint density at radius 2 is 2.29 bits per heavy atom. The Balaban J connectivity index is 2.58. The van der Waals surface area contributed by atoms with E-state index < -0.39 is 11.9 Å². The van der Waals surface area contributed by atoms with E-state index in [4.69, 9.17) is 4.42 Å². The van der Waals surface area contributed by atoms with Crippen LogP contribution in [0.25, 0.3) is 0 Å². The zero-order valence-corrected chi connectivity index (χ0v) is 7.57. The Bertz CT molecular complexity index is 353. The number of carbonyl (C=O) groups is 2. The third-order valence-electron chi connectivity index (χ3n) is 1.44. The van der Waals surface area contributed by atoms with Crippen LogP contribution in [-0.4, -0.2) is 19.0 Å². The van der Waals surface area contributed by atoms with Gasteiger partial charge in [0.05, 0.1) is 13.4 Å². The summed E-state index contributed by atoms with van der Waals surface area (Å²) in [6.07, 6.45) is 1.36.